The normalized spacial score (nSPS) is 20.6. The number of benzene rings is 1. The molecule has 0 unspecified atom stereocenters. The van der Waals surface area contributed by atoms with Crippen molar-refractivity contribution in [3.8, 4) is 0 Å². The van der Waals surface area contributed by atoms with Gasteiger partial charge in [0, 0.05) is 43.5 Å². The van der Waals surface area contributed by atoms with Crippen molar-refractivity contribution in [2.45, 2.75) is 25.1 Å². The van der Waals surface area contributed by atoms with E-state index in [2.05, 4.69) is 4.90 Å². The summed E-state index contributed by atoms with van der Waals surface area (Å²) in [5.74, 6) is 0. The van der Waals surface area contributed by atoms with Gasteiger partial charge < -0.3 is 4.90 Å². The third-order valence-electron chi connectivity index (χ3n) is 4.21. The van der Waals surface area contributed by atoms with Crippen molar-refractivity contribution in [2.75, 3.05) is 31.1 Å². The van der Waals surface area contributed by atoms with Gasteiger partial charge in [-0.1, -0.05) is 0 Å². The Morgan fingerprint density at radius 2 is 1.76 bits per heavy atom. The average Bonchev–Trinajstić information content (AvgIpc) is 3.30. The van der Waals surface area contributed by atoms with Crippen molar-refractivity contribution in [3.63, 3.8) is 0 Å². The standard InChI is InChI=1S/C15H17F3N2O/c16-15(17,18)14-9-13(2-1-11(14)10-21)20-7-5-19(6-8-20)12-3-4-12/h1-2,9-10,12H,3-8H2. The molecule has 3 nitrogen and oxygen atoms in total. The summed E-state index contributed by atoms with van der Waals surface area (Å²) in [5, 5.41) is 0. The van der Waals surface area contributed by atoms with Crippen LogP contribution < -0.4 is 4.90 Å². The van der Waals surface area contributed by atoms with Crippen LogP contribution >= 0.6 is 0 Å². The molecule has 1 saturated heterocycles. The predicted molar refractivity (Wildman–Crippen MR) is 73.6 cm³/mol. The van der Waals surface area contributed by atoms with Gasteiger partial charge in [-0.3, -0.25) is 9.69 Å². The second-order valence-corrected chi connectivity index (χ2v) is 5.64. The van der Waals surface area contributed by atoms with E-state index in [-0.39, 0.29) is 11.8 Å². The van der Waals surface area contributed by atoms with Gasteiger partial charge >= 0.3 is 6.18 Å². The molecule has 0 spiro atoms. The molecule has 1 aromatic carbocycles. The smallest absolute Gasteiger partial charge is 0.369 e. The molecule has 1 aliphatic carbocycles. The number of nitrogens with zero attached hydrogens (tertiary/aromatic N) is 2. The van der Waals surface area contributed by atoms with E-state index in [1.165, 1.54) is 18.9 Å². The van der Waals surface area contributed by atoms with Crippen molar-refractivity contribution in [2.24, 2.45) is 0 Å². The molecule has 1 heterocycles. The maximum Gasteiger partial charge on any atom is 0.417 e. The van der Waals surface area contributed by atoms with Crippen LogP contribution in [0.4, 0.5) is 18.9 Å². The predicted octanol–water partition coefficient (Wildman–Crippen LogP) is 2.80. The molecule has 6 heteroatoms. The lowest BCUT2D eigenvalue weighted by molar-refractivity contribution is -0.137. The van der Waals surface area contributed by atoms with Gasteiger partial charge in [-0.15, -0.1) is 0 Å². The number of hydrogen-bond donors (Lipinski definition) is 0. The van der Waals surface area contributed by atoms with Crippen molar-refractivity contribution in [3.05, 3.63) is 29.3 Å². The quantitative estimate of drug-likeness (QED) is 0.802. The summed E-state index contributed by atoms with van der Waals surface area (Å²) in [6.07, 6.45) is -1.75. The molecular formula is C15H17F3N2O. The lowest BCUT2D eigenvalue weighted by atomic mass is 10.1. The van der Waals surface area contributed by atoms with Crippen LogP contribution in [0.15, 0.2) is 18.2 Å². The molecule has 0 atom stereocenters. The zero-order valence-electron chi connectivity index (χ0n) is 11.6. The van der Waals surface area contributed by atoms with Gasteiger partial charge in [-0.2, -0.15) is 13.2 Å². The summed E-state index contributed by atoms with van der Waals surface area (Å²) in [6, 6.07) is 4.65. The van der Waals surface area contributed by atoms with E-state index in [9.17, 15) is 18.0 Å². The number of piperazine rings is 1. The van der Waals surface area contributed by atoms with Gasteiger partial charge in [-0.25, -0.2) is 0 Å². The number of rotatable bonds is 3. The molecule has 0 radical (unpaired) electrons. The van der Waals surface area contributed by atoms with Crippen LogP contribution in [0.1, 0.15) is 28.8 Å². The molecule has 0 N–H and O–H groups in total. The fourth-order valence-corrected chi connectivity index (χ4v) is 2.87. The van der Waals surface area contributed by atoms with Crippen molar-refractivity contribution in [1.82, 2.24) is 4.90 Å². The van der Waals surface area contributed by atoms with Crippen molar-refractivity contribution < 1.29 is 18.0 Å². The summed E-state index contributed by atoms with van der Waals surface area (Å²) < 4.78 is 38.9. The second kappa shape index (κ2) is 5.33. The lowest BCUT2D eigenvalue weighted by Crippen LogP contribution is -2.47. The Labute approximate surface area is 121 Å². The third-order valence-corrected chi connectivity index (χ3v) is 4.21. The highest BCUT2D eigenvalue weighted by molar-refractivity contribution is 5.79. The maximum atomic E-state index is 13.0. The Morgan fingerprint density at radius 1 is 1.10 bits per heavy atom. The number of hydrogen-bond acceptors (Lipinski definition) is 3. The zero-order chi connectivity index (χ0) is 15.0. The van der Waals surface area contributed by atoms with Gasteiger partial charge in [-0.05, 0) is 31.0 Å². The van der Waals surface area contributed by atoms with E-state index in [0.717, 1.165) is 32.2 Å². The van der Waals surface area contributed by atoms with E-state index in [4.69, 9.17) is 0 Å². The first-order valence-electron chi connectivity index (χ1n) is 7.14. The van der Waals surface area contributed by atoms with Gasteiger partial charge in [0.05, 0.1) is 5.56 Å². The molecule has 2 aliphatic rings. The van der Waals surface area contributed by atoms with Gasteiger partial charge in [0.1, 0.15) is 0 Å². The topological polar surface area (TPSA) is 23.6 Å². The van der Waals surface area contributed by atoms with E-state index >= 15 is 0 Å². The maximum absolute atomic E-state index is 13.0. The highest BCUT2D eigenvalue weighted by Crippen LogP contribution is 2.35. The van der Waals surface area contributed by atoms with E-state index in [0.29, 0.717) is 11.7 Å². The number of aldehydes is 1. The van der Waals surface area contributed by atoms with E-state index < -0.39 is 11.7 Å². The van der Waals surface area contributed by atoms with E-state index in [1.807, 2.05) is 4.90 Å². The first kappa shape index (κ1) is 14.4. The van der Waals surface area contributed by atoms with Crippen LogP contribution in [-0.2, 0) is 6.18 Å². The third kappa shape index (κ3) is 3.05. The van der Waals surface area contributed by atoms with Crippen molar-refractivity contribution >= 4 is 12.0 Å². The summed E-state index contributed by atoms with van der Waals surface area (Å²) in [5.41, 5.74) is -0.606. The molecule has 1 aliphatic heterocycles. The summed E-state index contributed by atoms with van der Waals surface area (Å²) in [7, 11) is 0. The molecule has 0 bridgehead atoms. The number of carbonyl (C=O) groups is 1. The van der Waals surface area contributed by atoms with Gasteiger partial charge in [0.15, 0.2) is 6.29 Å². The van der Waals surface area contributed by atoms with Crippen LogP contribution in [0, 0.1) is 0 Å². The van der Waals surface area contributed by atoms with Crippen molar-refractivity contribution in [1.29, 1.82) is 0 Å². The molecule has 1 saturated carbocycles. The van der Waals surface area contributed by atoms with E-state index in [1.54, 1.807) is 6.07 Å². The summed E-state index contributed by atoms with van der Waals surface area (Å²) in [4.78, 5) is 15.1. The molecule has 3 rings (SSSR count). The van der Waals surface area contributed by atoms with Crippen LogP contribution in [0.25, 0.3) is 0 Å². The first-order valence-corrected chi connectivity index (χ1v) is 7.14. The largest absolute Gasteiger partial charge is 0.417 e. The average molecular weight is 298 g/mol. The van der Waals surface area contributed by atoms with Gasteiger partial charge in [0.25, 0.3) is 0 Å². The summed E-state index contributed by atoms with van der Waals surface area (Å²) in [6.45, 7) is 3.24. The minimum absolute atomic E-state index is 0.262. The fraction of sp³-hybridized carbons (Fsp3) is 0.533. The fourth-order valence-electron chi connectivity index (χ4n) is 2.87. The Hall–Kier alpha value is -1.56. The second-order valence-electron chi connectivity index (χ2n) is 5.64. The molecule has 1 aromatic rings. The van der Waals surface area contributed by atoms with Gasteiger partial charge in [0.2, 0.25) is 0 Å². The molecule has 2 fully saturated rings. The van der Waals surface area contributed by atoms with Crippen LogP contribution in [0.2, 0.25) is 0 Å². The highest BCUT2D eigenvalue weighted by Gasteiger charge is 2.35. The molecular weight excluding hydrogens is 281 g/mol. The molecule has 0 amide bonds. The lowest BCUT2D eigenvalue weighted by Gasteiger charge is -2.36. The Bertz CT molecular complexity index is 532. The molecule has 114 valence electrons. The molecule has 21 heavy (non-hydrogen) atoms. The number of alkyl halides is 3. The number of halogens is 3. The SMILES string of the molecule is O=Cc1ccc(N2CCN(C3CC3)CC2)cc1C(F)(F)F. The summed E-state index contributed by atoms with van der Waals surface area (Å²) >= 11 is 0. The Balaban J connectivity index is 1.78. The Kier molecular flexibility index (Phi) is 3.65. The van der Waals surface area contributed by atoms with Crippen LogP contribution in [0.5, 0.6) is 0 Å². The first-order chi connectivity index (χ1) is 9.99. The number of anilines is 1. The number of carbonyl (C=O) groups excluding carboxylic acids is 1. The minimum Gasteiger partial charge on any atom is -0.369 e. The van der Waals surface area contributed by atoms with Crippen LogP contribution in [-0.4, -0.2) is 43.4 Å². The van der Waals surface area contributed by atoms with Crippen LogP contribution in [0.3, 0.4) is 0 Å². The molecule has 0 aromatic heterocycles. The zero-order valence-corrected chi connectivity index (χ0v) is 11.6. The Morgan fingerprint density at radius 3 is 2.29 bits per heavy atom. The minimum atomic E-state index is -4.50. The highest BCUT2D eigenvalue weighted by atomic mass is 19.4. The monoisotopic (exact) mass is 298 g/mol.